The van der Waals surface area contributed by atoms with Gasteiger partial charge in [0.15, 0.2) is 0 Å². The van der Waals surface area contributed by atoms with Crippen molar-refractivity contribution in [3.05, 3.63) is 33.3 Å². The van der Waals surface area contributed by atoms with E-state index in [1.807, 2.05) is 0 Å². The molecule has 1 aromatic rings. The summed E-state index contributed by atoms with van der Waals surface area (Å²) in [5.74, 6) is 0. The molecule has 0 fully saturated rings. The van der Waals surface area contributed by atoms with Crippen molar-refractivity contribution in [1.82, 2.24) is 4.90 Å². The van der Waals surface area contributed by atoms with Gasteiger partial charge in [0.05, 0.1) is 15.6 Å². The molecule has 0 saturated heterocycles. The van der Waals surface area contributed by atoms with Crippen LogP contribution in [0.3, 0.4) is 0 Å². The molecule has 1 unspecified atom stereocenters. The Kier molecular flexibility index (Phi) is 7.47. The van der Waals surface area contributed by atoms with Crippen molar-refractivity contribution in [3.8, 4) is 0 Å². The van der Waals surface area contributed by atoms with E-state index >= 15 is 0 Å². The maximum atomic E-state index is 10.7. The molecule has 0 spiro atoms. The molecule has 0 aromatic heterocycles. The molecule has 0 saturated carbocycles. The lowest BCUT2D eigenvalue weighted by atomic mass is 10.1. The first-order valence-electron chi connectivity index (χ1n) is 7.40. The molecule has 0 aliphatic carbocycles. The summed E-state index contributed by atoms with van der Waals surface area (Å²) in [7, 11) is 0. The van der Waals surface area contributed by atoms with Crippen molar-refractivity contribution in [1.29, 1.82) is 0 Å². The molecule has 1 N–H and O–H groups in total. The average Bonchev–Trinajstić information content (AvgIpc) is 2.45. The first-order chi connectivity index (χ1) is 9.97. The van der Waals surface area contributed by atoms with Crippen LogP contribution in [-0.4, -0.2) is 35.5 Å². The van der Waals surface area contributed by atoms with Crippen LogP contribution in [0.2, 0.25) is 5.02 Å². The average molecular weight is 314 g/mol. The fraction of sp³-hybridized carbons (Fsp3) is 0.600. The summed E-state index contributed by atoms with van der Waals surface area (Å²) >= 11 is 6.07. The van der Waals surface area contributed by atoms with Gasteiger partial charge in [0, 0.05) is 18.2 Å². The number of benzene rings is 1. The van der Waals surface area contributed by atoms with Gasteiger partial charge < -0.3 is 10.2 Å². The van der Waals surface area contributed by atoms with Crippen LogP contribution in [0.4, 0.5) is 11.4 Å². The second-order valence-corrected chi connectivity index (χ2v) is 5.54. The number of halogens is 1. The molecule has 5 nitrogen and oxygen atoms in total. The molecular formula is C15H24ClN3O2. The van der Waals surface area contributed by atoms with Gasteiger partial charge in [-0.1, -0.05) is 25.4 Å². The zero-order valence-electron chi connectivity index (χ0n) is 12.9. The lowest BCUT2D eigenvalue weighted by Crippen LogP contribution is -2.25. The third kappa shape index (κ3) is 5.89. The molecule has 0 radical (unpaired) electrons. The molecule has 0 heterocycles. The van der Waals surface area contributed by atoms with Gasteiger partial charge in [-0.2, -0.15) is 0 Å². The fourth-order valence-corrected chi connectivity index (χ4v) is 2.46. The molecule has 6 heteroatoms. The molecule has 1 rings (SSSR count). The number of rotatable bonds is 9. The summed E-state index contributed by atoms with van der Waals surface area (Å²) in [6.07, 6.45) is 2.14. The van der Waals surface area contributed by atoms with Crippen LogP contribution in [0.15, 0.2) is 18.2 Å². The number of nitrogens with zero attached hydrogens (tertiary/aromatic N) is 2. The van der Waals surface area contributed by atoms with Gasteiger partial charge in [-0.25, -0.2) is 0 Å². The van der Waals surface area contributed by atoms with Crippen LogP contribution in [0, 0.1) is 10.1 Å². The molecule has 1 aromatic carbocycles. The van der Waals surface area contributed by atoms with Crippen molar-refractivity contribution in [2.24, 2.45) is 0 Å². The maximum absolute atomic E-state index is 10.7. The first-order valence-corrected chi connectivity index (χ1v) is 7.78. The molecule has 1 atom stereocenters. The molecule has 0 bridgehead atoms. The first kappa shape index (κ1) is 17.7. The SMILES string of the molecule is CCN(CC)CCCC(C)Nc1ccc([N+](=O)[O-])cc1Cl. The highest BCUT2D eigenvalue weighted by Gasteiger charge is 2.11. The third-order valence-corrected chi connectivity index (χ3v) is 3.88. The zero-order chi connectivity index (χ0) is 15.8. The van der Waals surface area contributed by atoms with E-state index in [4.69, 9.17) is 11.6 Å². The minimum Gasteiger partial charge on any atom is -0.381 e. The Morgan fingerprint density at radius 1 is 1.38 bits per heavy atom. The van der Waals surface area contributed by atoms with Gasteiger partial charge in [0.1, 0.15) is 0 Å². The molecule has 0 aliphatic heterocycles. The highest BCUT2D eigenvalue weighted by Crippen LogP contribution is 2.27. The predicted octanol–water partition coefficient (Wildman–Crippen LogP) is 4.17. The third-order valence-electron chi connectivity index (χ3n) is 3.57. The summed E-state index contributed by atoms with van der Waals surface area (Å²) in [4.78, 5) is 12.6. The van der Waals surface area contributed by atoms with Crippen molar-refractivity contribution >= 4 is 23.0 Å². The smallest absolute Gasteiger partial charge is 0.271 e. The number of anilines is 1. The van der Waals surface area contributed by atoms with Crippen molar-refractivity contribution in [3.63, 3.8) is 0 Å². The van der Waals surface area contributed by atoms with Gasteiger partial charge in [-0.3, -0.25) is 10.1 Å². The molecular weight excluding hydrogens is 290 g/mol. The Bertz CT molecular complexity index is 464. The van der Waals surface area contributed by atoms with Crippen LogP contribution >= 0.6 is 11.6 Å². The Morgan fingerprint density at radius 3 is 2.57 bits per heavy atom. The van der Waals surface area contributed by atoms with Gasteiger partial charge in [0.2, 0.25) is 0 Å². The van der Waals surface area contributed by atoms with Crippen LogP contribution < -0.4 is 5.32 Å². The largest absolute Gasteiger partial charge is 0.381 e. The standard InChI is InChI=1S/C15H24ClN3O2/c1-4-18(5-2)10-6-7-12(3)17-15-9-8-13(19(20)21)11-14(15)16/h8-9,11-12,17H,4-7,10H2,1-3H3. The Hall–Kier alpha value is -1.33. The van der Waals surface area contributed by atoms with Crippen LogP contribution in [-0.2, 0) is 0 Å². The monoisotopic (exact) mass is 313 g/mol. The molecule has 118 valence electrons. The number of nitro groups is 1. The van der Waals surface area contributed by atoms with E-state index in [-0.39, 0.29) is 11.7 Å². The van der Waals surface area contributed by atoms with Crippen LogP contribution in [0.1, 0.15) is 33.6 Å². The number of hydrogen-bond donors (Lipinski definition) is 1. The van der Waals surface area contributed by atoms with Crippen LogP contribution in [0.25, 0.3) is 0 Å². The Morgan fingerprint density at radius 2 is 2.05 bits per heavy atom. The molecule has 0 amide bonds. The van der Waals surface area contributed by atoms with E-state index in [2.05, 4.69) is 31.0 Å². The topological polar surface area (TPSA) is 58.4 Å². The summed E-state index contributed by atoms with van der Waals surface area (Å²) in [6.45, 7) is 9.68. The quantitative estimate of drug-likeness (QED) is 0.549. The lowest BCUT2D eigenvalue weighted by molar-refractivity contribution is -0.384. The predicted molar refractivity (Wildman–Crippen MR) is 88.2 cm³/mol. The maximum Gasteiger partial charge on any atom is 0.271 e. The van der Waals surface area contributed by atoms with Gasteiger partial charge in [-0.05, 0) is 45.5 Å². The second kappa shape index (κ2) is 8.85. The zero-order valence-corrected chi connectivity index (χ0v) is 13.7. The van der Waals surface area contributed by atoms with Gasteiger partial charge in [-0.15, -0.1) is 0 Å². The summed E-state index contributed by atoms with van der Waals surface area (Å²) < 4.78 is 0. The van der Waals surface area contributed by atoms with Crippen molar-refractivity contribution in [2.75, 3.05) is 25.0 Å². The van der Waals surface area contributed by atoms with E-state index in [9.17, 15) is 10.1 Å². The minimum absolute atomic E-state index is 0.0136. The van der Waals surface area contributed by atoms with Crippen LogP contribution in [0.5, 0.6) is 0 Å². The number of nitrogens with one attached hydrogen (secondary N) is 1. The van der Waals surface area contributed by atoms with E-state index in [0.29, 0.717) is 5.02 Å². The number of non-ortho nitro benzene ring substituents is 1. The van der Waals surface area contributed by atoms with E-state index < -0.39 is 4.92 Å². The van der Waals surface area contributed by atoms with E-state index in [1.54, 1.807) is 6.07 Å². The van der Waals surface area contributed by atoms with E-state index in [0.717, 1.165) is 38.2 Å². The highest BCUT2D eigenvalue weighted by molar-refractivity contribution is 6.33. The Balaban J connectivity index is 2.47. The molecule has 0 aliphatic rings. The summed E-state index contributed by atoms with van der Waals surface area (Å²) in [6, 6.07) is 4.80. The van der Waals surface area contributed by atoms with E-state index in [1.165, 1.54) is 12.1 Å². The minimum atomic E-state index is -0.441. The lowest BCUT2D eigenvalue weighted by Gasteiger charge is -2.20. The van der Waals surface area contributed by atoms with Gasteiger partial charge >= 0.3 is 0 Å². The number of nitro benzene ring substituents is 1. The van der Waals surface area contributed by atoms with Crippen molar-refractivity contribution in [2.45, 2.75) is 39.7 Å². The van der Waals surface area contributed by atoms with Crippen molar-refractivity contribution < 1.29 is 4.92 Å². The Labute approximate surface area is 131 Å². The highest BCUT2D eigenvalue weighted by atomic mass is 35.5. The molecule has 21 heavy (non-hydrogen) atoms. The summed E-state index contributed by atoms with van der Waals surface area (Å²) in [5.41, 5.74) is 0.761. The van der Waals surface area contributed by atoms with Gasteiger partial charge in [0.25, 0.3) is 5.69 Å². The fourth-order valence-electron chi connectivity index (χ4n) is 2.23. The normalized spacial score (nSPS) is 12.4. The second-order valence-electron chi connectivity index (χ2n) is 5.14. The number of hydrogen-bond acceptors (Lipinski definition) is 4. The summed E-state index contributed by atoms with van der Waals surface area (Å²) in [5, 5.41) is 14.4.